The van der Waals surface area contributed by atoms with Gasteiger partial charge in [0.1, 0.15) is 17.1 Å². The maximum atomic E-state index is 17.2. The molecule has 1 unspecified atom stereocenters. The molecule has 0 aliphatic carbocycles. The van der Waals surface area contributed by atoms with Crippen LogP contribution in [0.2, 0.25) is 0 Å². The molecule has 1 N–H and O–H groups in total. The van der Waals surface area contributed by atoms with Crippen molar-refractivity contribution in [3.05, 3.63) is 82.6 Å². The number of para-hydroxylation sites is 1. The molecule has 6 rings (SSSR count). The largest absolute Gasteiger partial charge is 0.507 e. The van der Waals surface area contributed by atoms with Gasteiger partial charge in [-0.05, 0) is 43.0 Å². The Bertz CT molecular complexity index is 1890. The molecule has 1 saturated heterocycles. The molecule has 11 heteroatoms. The summed E-state index contributed by atoms with van der Waals surface area (Å²) in [6, 6.07) is 7.46. The minimum Gasteiger partial charge on any atom is -0.507 e. The minimum absolute atomic E-state index is 0.0325. The topological polar surface area (TPSA) is 94.8 Å². The summed E-state index contributed by atoms with van der Waals surface area (Å²) >= 11 is 0. The van der Waals surface area contributed by atoms with Crippen LogP contribution in [0, 0.1) is 18.6 Å². The van der Waals surface area contributed by atoms with Gasteiger partial charge < -0.3 is 19.8 Å². The standard InChI is InChI=1S/C33H34F2N6O3/c1-6-23(43)39-15-16-40-20(17-39)12-14-38(5)30-25-31(27(35)24(26(30)34)21-9-7-8-10-22(21)42)41(33(44)37-32(25)40)29-19(4)11-13-36-28(29)18(2)3/h6-11,13,18,20,42H,1,12,14-17H2,2-5H3. The highest BCUT2D eigenvalue weighted by atomic mass is 19.1. The average Bonchev–Trinajstić information content (AvgIpc) is 3.00. The van der Waals surface area contributed by atoms with Gasteiger partial charge in [0, 0.05) is 51.0 Å². The Balaban J connectivity index is 1.78. The van der Waals surface area contributed by atoms with Crippen LogP contribution in [0.5, 0.6) is 5.75 Å². The number of fused-ring (bicyclic) bond motifs is 2. The molecule has 228 valence electrons. The molecule has 1 atom stereocenters. The normalized spacial score (nSPS) is 16.6. The summed E-state index contributed by atoms with van der Waals surface area (Å²) in [6.45, 7) is 10.6. The lowest BCUT2D eigenvalue weighted by atomic mass is 9.96. The number of halogens is 2. The maximum absolute atomic E-state index is 17.2. The lowest BCUT2D eigenvalue weighted by Gasteiger charge is -2.44. The van der Waals surface area contributed by atoms with Crippen molar-refractivity contribution in [2.45, 2.75) is 39.2 Å². The second-order valence-electron chi connectivity index (χ2n) is 11.7. The number of anilines is 2. The van der Waals surface area contributed by atoms with Crippen molar-refractivity contribution in [3.63, 3.8) is 0 Å². The van der Waals surface area contributed by atoms with Crippen LogP contribution >= 0.6 is 0 Å². The second-order valence-corrected chi connectivity index (χ2v) is 11.7. The SMILES string of the molecule is C=CC(=O)N1CCN2c3nc(=O)n(-c4c(C)ccnc4C(C)C)c4c(F)c(-c5ccccc5O)c(F)c(c34)N(C)CCC2C1. The molecular weight excluding hydrogens is 566 g/mol. The molecule has 0 radical (unpaired) electrons. The second kappa shape index (κ2) is 11.0. The van der Waals surface area contributed by atoms with E-state index in [0.717, 1.165) is 0 Å². The molecule has 0 saturated carbocycles. The van der Waals surface area contributed by atoms with Crippen molar-refractivity contribution < 1.29 is 18.7 Å². The van der Waals surface area contributed by atoms with E-state index in [1.165, 1.54) is 22.8 Å². The van der Waals surface area contributed by atoms with Crippen molar-refractivity contribution in [2.75, 3.05) is 43.0 Å². The number of amides is 1. The number of carbonyl (C=O) groups excluding carboxylic acids is 1. The number of hydrogen-bond acceptors (Lipinski definition) is 7. The van der Waals surface area contributed by atoms with Crippen LogP contribution in [0.4, 0.5) is 20.3 Å². The Morgan fingerprint density at radius 2 is 1.86 bits per heavy atom. The summed E-state index contributed by atoms with van der Waals surface area (Å²) in [4.78, 5) is 41.1. The number of carbonyl (C=O) groups is 1. The van der Waals surface area contributed by atoms with E-state index in [4.69, 9.17) is 0 Å². The predicted molar refractivity (Wildman–Crippen MR) is 167 cm³/mol. The molecule has 2 aromatic heterocycles. The summed E-state index contributed by atoms with van der Waals surface area (Å²) in [5.74, 6) is -2.32. The third-order valence-corrected chi connectivity index (χ3v) is 8.69. The number of benzene rings is 2. The average molecular weight is 601 g/mol. The van der Waals surface area contributed by atoms with Gasteiger partial charge in [-0.1, -0.05) is 38.6 Å². The van der Waals surface area contributed by atoms with Crippen molar-refractivity contribution in [2.24, 2.45) is 0 Å². The van der Waals surface area contributed by atoms with Crippen LogP contribution in [0.3, 0.4) is 0 Å². The van der Waals surface area contributed by atoms with Crippen LogP contribution in [0.1, 0.15) is 37.4 Å². The first kappa shape index (κ1) is 29.3. The van der Waals surface area contributed by atoms with Crippen molar-refractivity contribution in [3.8, 4) is 22.6 Å². The Morgan fingerprint density at radius 3 is 2.57 bits per heavy atom. The van der Waals surface area contributed by atoms with E-state index in [1.54, 1.807) is 41.2 Å². The third-order valence-electron chi connectivity index (χ3n) is 8.69. The molecule has 4 aromatic rings. The van der Waals surface area contributed by atoms with Gasteiger partial charge in [-0.2, -0.15) is 4.98 Å². The highest BCUT2D eigenvalue weighted by Gasteiger charge is 2.38. The first-order valence-corrected chi connectivity index (χ1v) is 14.7. The zero-order valence-electron chi connectivity index (χ0n) is 25.1. The fourth-order valence-corrected chi connectivity index (χ4v) is 6.52. The van der Waals surface area contributed by atoms with E-state index < -0.39 is 22.9 Å². The maximum Gasteiger partial charge on any atom is 0.354 e. The van der Waals surface area contributed by atoms with Gasteiger partial charge in [-0.15, -0.1) is 0 Å². The highest BCUT2D eigenvalue weighted by Crippen LogP contribution is 2.46. The van der Waals surface area contributed by atoms with Crippen LogP contribution in [0.25, 0.3) is 27.7 Å². The Morgan fingerprint density at radius 1 is 1.11 bits per heavy atom. The van der Waals surface area contributed by atoms with Crippen molar-refractivity contribution >= 4 is 28.3 Å². The molecule has 4 heterocycles. The van der Waals surface area contributed by atoms with Gasteiger partial charge in [0.2, 0.25) is 5.91 Å². The smallest absolute Gasteiger partial charge is 0.354 e. The highest BCUT2D eigenvalue weighted by molar-refractivity contribution is 6.05. The van der Waals surface area contributed by atoms with Crippen molar-refractivity contribution in [1.82, 2.24) is 19.4 Å². The van der Waals surface area contributed by atoms with E-state index >= 15 is 8.78 Å². The fourth-order valence-electron chi connectivity index (χ4n) is 6.52. The van der Waals surface area contributed by atoms with Crippen LogP contribution in [-0.2, 0) is 4.79 Å². The summed E-state index contributed by atoms with van der Waals surface area (Å²) in [7, 11) is 1.71. The Hall–Kier alpha value is -4.80. The van der Waals surface area contributed by atoms with Crippen LogP contribution in [-0.4, -0.2) is 69.7 Å². The van der Waals surface area contributed by atoms with Gasteiger partial charge in [0.05, 0.1) is 28.0 Å². The van der Waals surface area contributed by atoms with E-state index in [-0.39, 0.29) is 51.6 Å². The first-order chi connectivity index (χ1) is 21.0. The number of aryl methyl sites for hydroxylation is 1. The van der Waals surface area contributed by atoms with Gasteiger partial charge in [0.25, 0.3) is 0 Å². The molecule has 1 fully saturated rings. The molecule has 0 spiro atoms. The number of aromatic nitrogens is 3. The Kier molecular flexibility index (Phi) is 7.35. The van der Waals surface area contributed by atoms with Gasteiger partial charge in [-0.3, -0.25) is 14.3 Å². The van der Waals surface area contributed by atoms with Gasteiger partial charge in [0.15, 0.2) is 11.6 Å². The molecule has 44 heavy (non-hydrogen) atoms. The molecule has 1 amide bonds. The molecule has 2 aromatic carbocycles. The number of piperazine rings is 1. The number of rotatable bonds is 4. The molecule has 0 bridgehead atoms. The van der Waals surface area contributed by atoms with E-state index in [0.29, 0.717) is 49.5 Å². The van der Waals surface area contributed by atoms with Gasteiger partial charge >= 0.3 is 5.69 Å². The number of pyridine rings is 1. The van der Waals surface area contributed by atoms with E-state index in [2.05, 4.69) is 16.5 Å². The molecular formula is C33H34F2N6O3. The van der Waals surface area contributed by atoms with Gasteiger partial charge in [-0.25, -0.2) is 13.6 Å². The number of phenols is 1. The number of hydrogen-bond donors (Lipinski definition) is 1. The molecule has 2 aliphatic rings. The first-order valence-electron chi connectivity index (χ1n) is 14.7. The van der Waals surface area contributed by atoms with Crippen molar-refractivity contribution in [1.29, 1.82) is 0 Å². The van der Waals surface area contributed by atoms with Crippen LogP contribution in [0.15, 0.2) is 54.0 Å². The lowest BCUT2D eigenvalue weighted by molar-refractivity contribution is -0.126. The molecule has 9 nitrogen and oxygen atoms in total. The zero-order valence-corrected chi connectivity index (χ0v) is 25.1. The molecule has 2 aliphatic heterocycles. The number of aromatic hydroxyl groups is 1. The minimum atomic E-state index is -0.993. The number of phenolic OH excluding ortho intramolecular Hbond substituents is 1. The van der Waals surface area contributed by atoms with E-state index in [1.807, 2.05) is 25.7 Å². The third kappa shape index (κ3) is 4.49. The Labute approximate surface area is 253 Å². The number of nitrogens with zero attached hydrogens (tertiary/aromatic N) is 6. The quantitative estimate of drug-likeness (QED) is 0.333. The summed E-state index contributed by atoms with van der Waals surface area (Å²) < 4.78 is 35.3. The predicted octanol–water partition coefficient (Wildman–Crippen LogP) is 4.91. The summed E-state index contributed by atoms with van der Waals surface area (Å²) in [5.41, 5.74) is 0.337. The summed E-state index contributed by atoms with van der Waals surface area (Å²) in [5, 5.41) is 10.9. The zero-order chi connectivity index (χ0) is 31.4. The van der Waals surface area contributed by atoms with Crippen LogP contribution < -0.4 is 15.5 Å². The lowest BCUT2D eigenvalue weighted by Crippen LogP contribution is -2.56. The monoisotopic (exact) mass is 600 g/mol. The summed E-state index contributed by atoms with van der Waals surface area (Å²) in [6.07, 6.45) is 3.43. The fraction of sp³-hybridized carbons (Fsp3) is 0.333. The van der Waals surface area contributed by atoms with E-state index in [9.17, 15) is 14.7 Å².